The van der Waals surface area contributed by atoms with Crippen LogP contribution < -0.4 is 0 Å². The van der Waals surface area contributed by atoms with Crippen molar-refractivity contribution in [3.63, 3.8) is 0 Å². The van der Waals surface area contributed by atoms with Crippen molar-refractivity contribution in [3.8, 4) is 0 Å². The molecule has 1 aliphatic rings. The molecular weight excluding hydrogens is 242 g/mol. The fourth-order valence-corrected chi connectivity index (χ4v) is 2.98. The highest BCUT2D eigenvalue weighted by Crippen LogP contribution is 2.39. The smallest absolute Gasteiger partial charge is 0.305 e. The fraction of sp³-hybridized carbons (Fsp3) is 0.867. The Labute approximate surface area is 116 Å². The maximum atomic E-state index is 12.6. The van der Waals surface area contributed by atoms with E-state index in [0.29, 0.717) is 6.54 Å². The van der Waals surface area contributed by atoms with Crippen molar-refractivity contribution in [1.82, 2.24) is 4.90 Å². The molecule has 1 saturated carbocycles. The lowest BCUT2D eigenvalue weighted by atomic mass is 9.72. The molecule has 1 rings (SSSR count). The van der Waals surface area contributed by atoms with Gasteiger partial charge in [0.25, 0.3) is 0 Å². The van der Waals surface area contributed by atoms with E-state index >= 15 is 0 Å². The van der Waals surface area contributed by atoms with Crippen molar-refractivity contribution in [2.75, 3.05) is 6.54 Å². The number of carboxylic acids is 1. The molecule has 1 N–H and O–H groups in total. The van der Waals surface area contributed by atoms with Gasteiger partial charge in [0.1, 0.15) is 0 Å². The predicted octanol–water partition coefficient (Wildman–Crippen LogP) is 2.91. The molecule has 1 atom stereocenters. The van der Waals surface area contributed by atoms with Crippen LogP contribution in [0.25, 0.3) is 0 Å². The van der Waals surface area contributed by atoms with Crippen LogP contribution in [0.3, 0.4) is 0 Å². The van der Waals surface area contributed by atoms with Crippen LogP contribution in [-0.2, 0) is 9.59 Å². The number of hydrogen-bond donors (Lipinski definition) is 1. The van der Waals surface area contributed by atoms with Crippen LogP contribution in [0.4, 0.5) is 0 Å². The van der Waals surface area contributed by atoms with Gasteiger partial charge in [0.15, 0.2) is 0 Å². The molecule has 4 nitrogen and oxygen atoms in total. The summed E-state index contributed by atoms with van der Waals surface area (Å²) in [5.41, 5.74) is 0.230. The zero-order chi connectivity index (χ0) is 14.6. The minimum Gasteiger partial charge on any atom is -0.481 e. The molecule has 110 valence electrons. The molecule has 4 heteroatoms. The maximum absolute atomic E-state index is 12.6. The van der Waals surface area contributed by atoms with E-state index in [1.807, 2.05) is 13.8 Å². The molecule has 0 radical (unpaired) electrons. The lowest BCUT2D eigenvalue weighted by Crippen LogP contribution is -2.44. The van der Waals surface area contributed by atoms with Crippen LogP contribution in [0.2, 0.25) is 0 Å². The van der Waals surface area contributed by atoms with E-state index in [2.05, 4.69) is 13.8 Å². The molecule has 1 fully saturated rings. The highest BCUT2D eigenvalue weighted by molar-refractivity contribution is 5.80. The molecule has 0 aromatic carbocycles. The van der Waals surface area contributed by atoms with Gasteiger partial charge in [0.2, 0.25) is 5.91 Å². The number of amides is 1. The molecule has 1 unspecified atom stereocenters. The highest BCUT2D eigenvalue weighted by atomic mass is 16.4. The van der Waals surface area contributed by atoms with E-state index in [1.165, 1.54) is 6.42 Å². The van der Waals surface area contributed by atoms with E-state index < -0.39 is 5.97 Å². The van der Waals surface area contributed by atoms with Gasteiger partial charge in [-0.05, 0) is 38.5 Å². The Hall–Kier alpha value is -1.06. The van der Waals surface area contributed by atoms with Crippen molar-refractivity contribution in [2.45, 2.75) is 65.8 Å². The lowest BCUT2D eigenvalue weighted by molar-refractivity contribution is -0.142. The van der Waals surface area contributed by atoms with Gasteiger partial charge in [-0.3, -0.25) is 9.59 Å². The SMILES string of the molecule is CC(C)N(CCC(=O)O)C(=O)C1CCCC(C)(C)C1. The van der Waals surface area contributed by atoms with E-state index in [0.717, 1.165) is 19.3 Å². The molecular formula is C15H27NO3. The Morgan fingerprint density at radius 1 is 1.37 bits per heavy atom. The summed E-state index contributed by atoms with van der Waals surface area (Å²) in [6.45, 7) is 8.65. The Kier molecular flexibility index (Phi) is 5.39. The molecule has 0 saturated heterocycles. The van der Waals surface area contributed by atoms with Crippen molar-refractivity contribution >= 4 is 11.9 Å². The van der Waals surface area contributed by atoms with E-state index in [-0.39, 0.29) is 29.7 Å². The number of hydrogen-bond acceptors (Lipinski definition) is 2. The summed E-state index contributed by atoms with van der Waals surface area (Å²) in [6, 6.07) is 0.0666. The van der Waals surface area contributed by atoms with Crippen LogP contribution in [-0.4, -0.2) is 34.5 Å². The molecule has 0 spiro atoms. The van der Waals surface area contributed by atoms with Crippen LogP contribution in [0.15, 0.2) is 0 Å². The largest absolute Gasteiger partial charge is 0.481 e. The second-order valence-electron chi connectivity index (χ2n) is 6.73. The maximum Gasteiger partial charge on any atom is 0.305 e. The normalized spacial score (nSPS) is 22.3. The third-order valence-electron chi connectivity index (χ3n) is 4.03. The summed E-state index contributed by atoms with van der Waals surface area (Å²) in [5, 5.41) is 8.78. The average Bonchev–Trinajstić information content (AvgIpc) is 2.26. The van der Waals surface area contributed by atoms with Gasteiger partial charge in [-0.25, -0.2) is 0 Å². The fourth-order valence-electron chi connectivity index (χ4n) is 2.98. The van der Waals surface area contributed by atoms with Gasteiger partial charge in [0.05, 0.1) is 6.42 Å². The highest BCUT2D eigenvalue weighted by Gasteiger charge is 2.34. The standard InChI is InChI=1S/C15H27NO3/c1-11(2)16(9-7-13(17)18)14(19)12-6-5-8-15(3,4)10-12/h11-12H,5-10H2,1-4H3,(H,17,18). The first-order valence-electron chi connectivity index (χ1n) is 7.25. The minimum atomic E-state index is -0.845. The first-order chi connectivity index (χ1) is 8.73. The van der Waals surface area contributed by atoms with Crippen LogP contribution in [0, 0.1) is 11.3 Å². The lowest BCUT2D eigenvalue weighted by Gasteiger charge is -2.38. The average molecular weight is 269 g/mol. The number of carbonyl (C=O) groups excluding carboxylic acids is 1. The molecule has 0 heterocycles. The summed E-state index contributed by atoms with van der Waals surface area (Å²) < 4.78 is 0. The Morgan fingerprint density at radius 2 is 2.00 bits per heavy atom. The van der Waals surface area contributed by atoms with Gasteiger partial charge < -0.3 is 10.0 Å². The molecule has 1 amide bonds. The monoisotopic (exact) mass is 269 g/mol. The van der Waals surface area contributed by atoms with Gasteiger partial charge in [-0.15, -0.1) is 0 Å². The van der Waals surface area contributed by atoms with Gasteiger partial charge in [0, 0.05) is 18.5 Å². The summed E-state index contributed by atoms with van der Waals surface area (Å²) in [4.78, 5) is 25.0. The minimum absolute atomic E-state index is 0.0278. The summed E-state index contributed by atoms with van der Waals surface area (Å²) in [5.74, 6) is -0.633. The van der Waals surface area contributed by atoms with E-state index in [4.69, 9.17) is 5.11 Å². The Morgan fingerprint density at radius 3 is 2.47 bits per heavy atom. The van der Waals surface area contributed by atoms with Crippen molar-refractivity contribution < 1.29 is 14.7 Å². The second-order valence-corrected chi connectivity index (χ2v) is 6.73. The molecule has 0 bridgehead atoms. The molecule has 0 aromatic rings. The van der Waals surface area contributed by atoms with Crippen LogP contribution in [0.1, 0.15) is 59.8 Å². The van der Waals surface area contributed by atoms with Gasteiger partial charge >= 0.3 is 5.97 Å². The summed E-state index contributed by atoms with van der Waals surface area (Å²) >= 11 is 0. The number of rotatable bonds is 5. The summed E-state index contributed by atoms with van der Waals surface area (Å²) in [7, 11) is 0. The summed E-state index contributed by atoms with van der Waals surface area (Å²) in [6.07, 6.45) is 4.16. The molecule has 1 aliphatic carbocycles. The number of carbonyl (C=O) groups is 2. The molecule has 19 heavy (non-hydrogen) atoms. The van der Waals surface area contributed by atoms with Gasteiger partial charge in [-0.1, -0.05) is 20.3 Å². The first-order valence-corrected chi connectivity index (χ1v) is 7.25. The zero-order valence-corrected chi connectivity index (χ0v) is 12.6. The zero-order valence-electron chi connectivity index (χ0n) is 12.6. The van der Waals surface area contributed by atoms with Crippen LogP contribution >= 0.6 is 0 Å². The molecule has 0 aliphatic heterocycles. The first kappa shape index (κ1) is 16.0. The van der Waals surface area contributed by atoms with E-state index in [9.17, 15) is 9.59 Å². The molecule has 0 aromatic heterocycles. The van der Waals surface area contributed by atoms with Crippen molar-refractivity contribution in [1.29, 1.82) is 0 Å². The Bertz CT molecular complexity index is 336. The van der Waals surface area contributed by atoms with Crippen LogP contribution in [0.5, 0.6) is 0 Å². The van der Waals surface area contributed by atoms with Gasteiger partial charge in [-0.2, -0.15) is 0 Å². The Balaban J connectivity index is 2.68. The predicted molar refractivity (Wildman–Crippen MR) is 74.8 cm³/mol. The second kappa shape index (κ2) is 6.40. The third kappa shape index (κ3) is 4.84. The third-order valence-corrected chi connectivity index (χ3v) is 4.03. The van der Waals surface area contributed by atoms with E-state index in [1.54, 1.807) is 4.90 Å². The quantitative estimate of drug-likeness (QED) is 0.835. The van der Waals surface area contributed by atoms with Crippen molar-refractivity contribution in [3.05, 3.63) is 0 Å². The number of aliphatic carboxylic acids is 1. The number of nitrogens with zero attached hydrogens (tertiary/aromatic N) is 1. The topological polar surface area (TPSA) is 57.6 Å². The van der Waals surface area contributed by atoms with Crippen molar-refractivity contribution in [2.24, 2.45) is 11.3 Å². The number of carboxylic acid groups (broad SMARTS) is 1.